The minimum absolute atomic E-state index is 0.117. The van der Waals surface area contributed by atoms with Crippen molar-refractivity contribution in [1.82, 2.24) is 10.6 Å². The van der Waals surface area contributed by atoms with E-state index in [1.54, 1.807) is 18.2 Å². The molecule has 0 saturated heterocycles. The van der Waals surface area contributed by atoms with Crippen LogP contribution in [0, 0.1) is 5.92 Å². The summed E-state index contributed by atoms with van der Waals surface area (Å²) in [6.07, 6.45) is 3.39. The molecule has 0 radical (unpaired) electrons. The zero-order valence-corrected chi connectivity index (χ0v) is 16.2. The molecule has 28 heavy (non-hydrogen) atoms. The predicted molar refractivity (Wildman–Crippen MR) is 100 cm³/mol. The third kappa shape index (κ3) is 4.94. The van der Waals surface area contributed by atoms with Crippen molar-refractivity contribution in [3.63, 3.8) is 0 Å². The monoisotopic (exact) mass is 390 g/mol. The van der Waals surface area contributed by atoms with Crippen LogP contribution in [0.25, 0.3) is 0 Å². The van der Waals surface area contributed by atoms with Crippen molar-refractivity contribution in [3.05, 3.63) is 23.8 Å². The van der Waals surface area contributed by atoms with Crippen LogP contribution in [0.1, 0.15) is 49.9 Å². The number of esters is 1. The number of carbonyl (C=O) groups excluding carboxylic acids is 3. The van der Waals surface area contributed by atoms with Gasteiger partial charge in [-0.15, -0.1) is 0 Å². The Labute approximate surface area is 163 Å². The van der Waals surface area contributed by atoms with E-state index < -0.39 is 18.0 Å². The summed E-state index contributed by atoms with van der Waals surface area (Å²) >= 11 is 0. The molecule has 1 aliphatic heterocycles. The van der Waals surface area contributed by atoms with Crippen molar-refractivity contribution in [3.8, 4) is 11.5 Å². The van der Waals surface area contributed by atoms with Gasteiger partial charge < -0.3 is 24.8 Å². The molecule has 2 aliphatic rings. The smallest absolute Gasteiger partial charge is 0.326 e. The Bertz CT molecular complexity index is 750. The van der Waals surface area contributed by atoms with Gasteiger partial charge in [-0.1, -0.05) is 19.8 Å². The van der Waals surface area contributed by atoms with Gasteiger partial charge in [-0.3, -0.25) is 14.4 Å². The largest absolute Gasteiger partial charge is 0.454 e. The second-order valence-corrected chi connectivity index (χ2v) is 7.26. The molecule has 0 aromatic heterocycles. The van der Waals surface area contributed by atoms with Crippen molar-refractivity contribution in [2.45, 2.75) is 51.7 Å². The molecule has 1 fully saturated rings. The summed E-state index contributed by atoms with van der Waals surface area (Å²) < 4.78 is 15.6. The highest BCUT2D eigenvalue weighted by molar-refractivity contribution is 5.96. The molecule has 152 valence electrons. The van der Waals surface area contributed by atoms with Crippen LogP contribution in [-0.2, 0) is 14.3 Å². The van der Waals surface area contributed by atoms with E-state index in [1.165, 1.54) is 13.3 Å². The standard InChI is InChI=1S/C20H26N2O6/c1-12-5-3-4-6-15(12)22-19(24)13(2)28-18(23)10-21-20(25)14-7-8-16-17(9-14)27-11-26-16/h7-9,12-13,15H,3-6,10-11H2,1-2H3,(H,21,25)(H,22,24)/t12-,13-,15+/m1/s1. The third-order valence-corrected chi connectivity index (χ3v) is 5.14. The van der Waals surface area contributed by atoms with Crippen LogP contribution in [0.15, 0.2) is 18.2 Å². The van der Waals surface area contributed by atoms with Gasteiger partial charge in [0.05, 0.1) is 0 Å². The zero-order valence-electron chi connectivity index (χ0n) is 16.2. The fraction of sp³-hybridized carbons (Fsp3) is 0.550. The van der Waals surface area contributed by atoms with E-state index in [1.807, 2.05) is 0 Å². The summed E-state index contributed by atoms with van der Waals surface area (Å²) in [5, 5.41) is 5.44. The zero-order chi connectivity index (χ0) is 20.1. The highest BCUT2D eigenvalue weighted by Gasteiger charge is 2.26. The molecule has 1 heterocycles. The SMILES string of the molecule is C[C@@H]1CCCC[C@@H]1NC(=O)[C@@H](C)OC(=O)CNC(=O)c1ccc2c(c1)OCO2. The Morgan fingerprint density at radius 2 is 1.93 bits per heavy atom. The summed E-state index contributed by atoms with van der Waals surface area (Å²) in [7, 11) is 0. The van der Waals surface area contributed by atoms with Gasteiger partial charge in [0.1, 0.15) is 6.54 Å². The van der Waals surface area contributed by atoms with Gasteiger partial charge >= 0.3 is 5.97 Å². The summed E-state index contributed by atoms with van der Waals surface area (Å²) in [6.45, 7) is 3.43. The van der Waals surface area contributed by atoms with Crippen LogP contribution in [0.4, 0.5) is 0 Å². The van der Waals surface area contributed by atoms with Gasteiger partial charge in [-0.2, -0.15) is 0 Å². The van der Waals surface area contributed by atoms with E-state index >= 15 is 0 Å². The normalized spacial score (nSPS) is 21.5. The Balaban J connectivity index is 1.43. The first-order chi connectivity index (χ1) is 13.4. The van der Waals surface area contributed by atoms with Crippen LogP contribution >= 0.6 is 0 Å². The second-order valence-electron chi connectivity index (χ2n) is 7.26. The lowest BCUT2D eigenvalue weighted by Crippen LogP contribution is -2.46. The summed E-state index contributed by atoms with van der Waals surface area (Å²) in [6, 6.07) is 4.88. The lowest BCUT2D eigenvalue weighted by Gasteiger charge is -2.30. The van der Waals surface area contributed by atoms with Crippen molar-refractivity contribution < 1.29 is 28.6 Å². The molecule has 3 atom stereocenters. The van der Waals surface area contributed by atoms with Crippen LogP contribution in [0.3, 0.4) is 0 Å². The summed E-state index contributed by atoms with van der Waals surface area (Å²) in [5.41, 5.74) is 0.342. The number of rotatable bonds is 6. The van der Waals surface area contributed by atoms with Gasteiger partial charge in [0.2, 0.25) is 6.79 Å². The molecule has 2 amide bonds. The van der Waals surface area contributed by atoms with Crippen LogP contribution in [0.2, 0.25) is 0 Å². The highest BCUT2D eigenvalue weighted by atomic mass is 16.7. The lowest BCUT2D eigenvalue weighted by molar-refractivity contribution is -0.154. The predicted octanol–water partition coefficient (Wildman–Crippen LogP) is 1.77. The van der Waals surface area contributed by atoms with Gasteiger partial charge in [0.25, 0.3) is 11.8 Å². The molecule has 3 rings (SSSR count). The van der Waals surface area contributed by atoms with E-state index in [0.717, 1.165) is 19.3 Å². The number of fused-ring (bicyclic) bond motifs is 1. The number of amides is 2. The van der Waals surface area contributed by atoms with Crippen LogP contribution in [-0.4, -0.2) is 43.3 Å². The van der Waals surface area contributed by atoms with E-state index in [2.05, 4.69) is 17.6 Å². The quantitative estimate of drug-likeness (QED) is 0.718. The molecular weight excluding hydrogens is 364 g/mol. The molecule has 0 spiro atoms. The fourth-order valence-corrected chi connectivity index (χ4v) is 3.42. The van der Waals surface area contributed by atoms with Crippen LogP contribution < -0.4 is 20.1 Å². The maximum absolute atomic E-state index is 12.3. The van der Waals surface area contributed by atoms with Gasteiger partial charge in [0, 0.05) is 11.6 Å². The minimum atomic E-state index is -0.913. The van der Waals surface area contributed by atoms with E-state index in [4.69, 9.17) is 14.2 Å². The van der Waals surface area contributed by atoms with Gasteiger partial charge in [-0.05, 0) is 43.9 Å². The maximum atomic E-state index is 12.3. The molecule has 1 saturated carbocycles. The average molecular weight is 390 g/mol. The number of hydrogen-bond acceptors (Lipinski definition) is 6. The molecule has 0 unspecified atom stereocenters. The molecule has 0 bridgehead atoms. The topological polar surface area (TPSA) is 103 Å². The first kappa shape index (κ1) is 20.0. The number of benzene rings is 1. The first-order valence-electron chi connectivity index (χ1n) is 9.61. The Morgan fingerprint density at radius 3 is 2.71 bits per heavy atom. The third-order valence-electron chi connectivity index (χ3n) is 5.14. The van der Waals surface area contributed by atoms with Crippen molar-refractivity contribution >= 4 is 17.8 Å². The number of hydrogen-bond donors (Lipinski definition) is 2. The first-order valence-corrected chi connectivity index (χ1v) is 9.61. The number of carbonyl (C=O) groups is 3. The molecule has 1 aromatic carbocycles. The number of nitrogens with one attached hydrogen (secondary N) is 2. The molecule has 8 nitrogen and oxygen atoms in total. The summed E-state index contributed by atoms with van der Waals surface area (Å²) in [5.74, 6) is 0.0492. The molecule has 8 heteroatoms. The second kappa shape index (κ2) is 8.95. The van der Waals surface area contributed by atoms with Gasteiger partial charge in [-0.25, -0.2) is 0 Å². The van der Waals surface area contributed by atoms with Gasteiger partial charge in [0.15, 0.2) is 17.6 Å². The molecule has 1 aliphatic carbocycles. The molecule has 1 aromatic rings. The van der Waals surface area contributed by atoms with Crippen molar-refractivity contribution in [2.24, 2.45) is 5.92 Å². The minimum Gasteiger partial charge on any atom is -0.454 e. The Kier molecular flexibility index (Phi) is 6.38. The number of ether oxygens (including phenoxy) is 3. The van der Waals surface area contributed by atoms with E-state index in [-0.39, 0.29) is 25.3 Å². The molecular formula is C20H26N2O6. The van der Waals surface area contributed by atoms with E-state index in [9.17, 15) is 14.4 Å². The summed E-state index contributed by atoms with van der Waals surface area (Å²) in [4.78, 5) is 36.4. The molecule has 2 N–H and O–H groups in total. The van der Waals surface area contributed by atoms with Crippen LogP contribution in [0.5, 0.6) is 11.5 Å². The Hall–Kier alpha value is -2.77. The van der Waals surface area contributed by atoms with Crippen molar-refractivity contribution in [2.75, 3.05) is 13.3 Å². The van der Waals surface area contributed by atoms with Crippen molar-refractivity contribution in [1.29, 1.82) is 0 Å². The fourth-order valence-electron chi connectivity index (χ4n) is 3.42. The highest BCUT2D eigenvalue weighted by Crippen LogP contribution is 2.32. The average Bonchev–Trinajstić information content (AvgIpc) is 3.15. The Morgan fingerprint density at radius 1 is 1.18 bits per heavy atom. The maximum Gasteiger partial charge on any atom is 0.326 e. The lowest BCUT2D eigenvalue weighted by atomic mass is 9.86. The van der Waals surface area contributed by atoms with E-state index in [0.29, 0.717) is 23.0 Å².